The summed E-state index contributed by atoms with van der Waals surface area (Å²) in [7, 11) is 2.00. The summed E-state index contributed by atoms with van der Waals surface area (Å²) in [5.74, 6) is -0.767. The molecule has 8 heteroatoms. The Morgan fingerprint density at radius 1 is 0.917 bits per heavy atom. The fourth-order valence-corrected chi connectivity index (χ4v) is 4.36. The highest BCUT2D eigenvalue weighted by molar-refractivity contribution is 6.12. The van der Waals surface area contributed by atoms with Crippen LogP contribution < -0.4 is 16.2 Å². The van der Waals surface area contributed by atoms with E-state index in [2.05, 4.69) is 15.2 Å². The Hall–Kier alpha value is -3.39. The average Bonchev–Trinajstić information content (AvgIpc) is 3.28. The number of carbonyl (C=O) groups excluding carboxylic acids is 2. The van der Waals surface area contributed by atoms with Gasteiger partial charge in [-0.25, -0.2) is 0 Å². The number of amides is 1. The van der Waals surface area contributed by atoms with Crippen molar-refractivity contribution in [1.29, 1.82) is 0 Å². The second-order valence-corrected chi connectivity index (χ2v) is 8.97. The van der Waals surface area contributed by atoms with E-state index in [1.165, 1.54) is 61.4 Å². The van der Waals surface area contributed by atoms with Crippen LogP contribution in [0, 0.1) is 0 Å². The van der Waals surface area contributed by atoms with Gasteiger partial charge in [0.1, 0.15) is 6.54 Å². The van der Waals surface area contributed by atoms with Gasteiger partial charge in [0.05, 0.1) is 12.3 Å². The minimum Gasteiger partial charge on any atom is -0.465 e. The molecule has 2 aromatic heterocycles. The topological polar surface area (TPSA) is 94.4 Å². The first-order chi connectivity index (χ1) is 17.5. The molecule has 36 heavy (non-hydrogen) atoms. The third-order valence-electron chi connectivity index (χ3n) is 6.23. The number of benzene rings is 1. The van der Waals surface area contributed by atoms with E-state index >= 15 is 0 Å². The number of nitrogens with one attached hydrogen (secondary N) is 2. The monoisotopic (exact) mass is 494 g/mol. The molecule has 0 bridgehead atoms. The number of nitrogens with zero attached hydrogens (tertiary/aromatic N) is 2. The number of hydrogen-bond donors (Lipinski definition) is 2. The molecule has 2 heterocycles. The summed E-state index contributed by atoms with van der Waals surface area (Å²) in [6, 6.07) is 10.6. The first-order valence-corrected chi connectivity index (χ1v) is 12.9. The van der Waals surface area contributed by atoms with Crippen molar-refractivity contribution in [1.82, 2.24) is 14.5 Å². The van der Waals surface area contributed by atoms with Crippen molar-refractivity contribution in [2.45, 2.75) is 65.0 Å². The predicted molar refractivity (Wildman–Crippen MR) is 143 cm³/mol. The van der Waals surface area contributed by atoms with Gasteiger partial charge in [-0.15, -0.1) is 0 Å². The molecular formula is C28H38N4O4. The van der Waals surface area contributed by atoms with Crippen molar-refractivity contribution in [3.63, 3.8) is 0 Å². The van der Waals surface area contributed by atoms with Crippen LogP contribution in [0.1, 0.15) is 62.2 Å². The van der Waals surface area contributed by atoms with E-state index in [0.717, 1.165) is 30.4 Å². The zero-order chi connectivity index (χ0) is 25.8. The molecule has 8 nitrogen and oxygen atoms in total. The van der Waals surface area contributed by atoms with Crippen molar-refractivity contribution in [3.8, 4) is 0 Å². The molecule has 0 fully saturated rings. The molecular weight excluding hydrogens is 456 g/mol. The van der Waals surface area contributed by atoms with Crippen LogP contribution in [-0.4, -0.2) is 41.2 Å². The van der Waals surface area contributed by atoms with Crippen molar-refractivity contribution in [2.75, 3.05) is 25.5 Å². The number of aryl methyl sites for hydroxylation is 1. The molecule has 0 aliphatic heterocycles. The van der Waals surface area contributed by atoms with Crippen LogP contribution in [0.2, 0.25) is 0 Å². The second kappa shape index (κ2) is 14.2. The number of ether oxygens (including phenoxy) is 1. The van der Waals surface area contributed by atoms with E-state index < -0.39 is 5.97 Å². The SMILES string of the molecule is CCOC(=O)Cn1cc(NC(=O)c2cccc3c2ccn3CCCCCCCCCNC)ccc1=O. The van der Waals surface area contributed by atoms with Crippen LogP contribution in [0.25, 0.3) is 10.9 Å². The maximum atomic E-state index is 13.1. The van der Waals surface area contributed by atoms with Gasteiger partial charge in [0.15, 0.2) is 0 Å². The summed E-state index contributed by atoms with van der Waals surface area (Å²) in [5, 5.41) is 6.93. The summed E-state index contributed by atoms with van der Waals surface area (Å²) < 4.78 is 8.35. The maximum absolute atomic E-state index is 13.1. The zero-order valence-corrected chi connectivity index (χ0v) is 21.4. The van der Waals surface area contributed by atoms with Gasteiger partial charge in [-0.2, -0.15) is 0 Å². The van der Waals surface area contributed by atoms with Gasteiger partial charge in [-0.1, -0.05) is 38.2 Å². The van der Waals surface area contributed by atoms with E-state index in [-0.39, 0.29) is 24.6 Å². The van der Waals surface area contributed by atoms with Gasteiger partial charge in [0.25, 0.3) is 11.5 Å². The number of esters is 1. The molecule has 1 amide bonds. The van der Waals surface area contributed by atoms with E-state index in [9.17, 15) is 14.4 Å². The van der Waals surface area contributed by atoms with Gasteiger partial charge in [-0.05, 0) is 57.6 Å². The van der Waals surface area contributed by atoms with Crippen LogP contribution in [0.4, 0.5) is 5.69 Å². The molecule has 0 saturated heterocycles. The Kier molecular flexibility index (Phi) is 10.8. The smallest absolute Gasteiger partial charge is 0.326 e. The molecule has 1 aromatic carbocycles. The molecule has 0 aliphatic carbocycles. The second-order valence-electron chi connectivity index (χ2n) is 8.97. The molecule has 3 aromatic rings. The van der Waals surface area contributed by atoms with Gasteiger partial charge in [-0.3, -0.25) is 14.4 Å². The molecule has 0 aliphatic rings. The molecule has 0 saturated carbocycles. The van der Waals surface area contributed by atoms with Crippen LogP contribution in [0.5, 0.6) is 0 Å². The van der Waals surface area contributed by atoms with Crippen molar-refractivity contribution in [3.05, 3.63) is 64.7 Å². The third kappa shape index (κ3) is 7.81. The highest BCUT2D eigenvalue weighted by atomic mass is 16.5. The van der Waals surface area contributed by atoms with Gasteiger partial charge in [0, 0.05) is 41.5 Å². The molecule has 0 atom stereocenters. The first-order valence-electron chi connectivity index (χ1n) is 12.9. The normalized spacial score (nSPS) is 11.1. The molecule has 0 unspecified atom stereocenters. The Morgan fingerprint density at radius 2 is 1.67 bits per heavy atom. The fraction of sp³-hybridized carbons (Fsp3) is 0.464. The van der Waals surface area contributed by atoms with Gasteiger partial charge < -0.3 is 24.5 Å². The number of fused-ring (bicyclic) bond motifs is 1. The van der Waals surface area contributed by atoms with Crippen molar-refractivity contribution >= 4 is 28.5 Å². The Bertz CT molecular complexity index is 1200. The fourth-order valence-electron chi connectivity index (χ4n) is 4.36. The largest absolute Gasteiger partial charge is 0.465 e. The lowest BCUT2D eigenvalue weighted by Crippen LogP contribution is -2.25. The molecule has 3 rings (SSSR count). The zero-order valence-electron chi connectivity index (χ0n) is 21.4. The van der Waals surface area contributed by atoms with Gasteiger partial charge >= 0.3 is 5.97 Å². The number of pyridine rings is 1. The van der Waals surface area contributed by atoms with Crippen LogP contribution >= 0.6 is 0 Å². The number of hydrogen-bond acceptors (Lipinski definition) is 5. The third-order valence-corrected chi connectivity index (χ3v) is 6.23. The highest BCUT2D eigenvalue weighted by Crippen LogP contribution is 2.22. The van der Waals surface area contributed by atoms with Crippen LogP contribution in [0.15, 0.2) is 53.6 Å². The summed E-state index contributed by atoms with van der Waals surface area (Å²) in [4.78, 5) is 36.9. The molecule has 2 N–H and O–H groups in total. The van der Waals surface area contributed by atoms with E-state index in [1.807, 2.05) is 31.4 Å². The van der Waals surface area contributed by atoms with Crippen molar-refractivity contribution < 1.29 is 14.3 Å². The Balaban J connectivity index is 1.58. The standard InChI is InChI=1S/C28H38N4O4/c1-3-36-27(34)21-32-20-22(14-15-26(32)33)30-28(35)24-12-11-13-25-23(24)16-19-31(25)18-10-8-6-4-5-7-9-17-29-2/h11-16,19-20,29H,3-10,17-18,21H2,1-2H3,(H,30,35). The van der Waals surface area contributed by atoms with Gasteiger partial charge in [0.2, 0.25) is 0 Å². The Labute approximate surface area is 212 Å². The molecule has 194 valence electrons. The summed E-state index contributed by atoms with van der Waals surface area (Å²) in [5.41, 5.74) is 1.69. The maximum Gasteiger partial charge on any atom is 0.326 e. The summed E-state index contributed by atoms with van der Waals surface area (Å²) in [6.45, 7) is 3.77. The number of aromatic nitrogens is 2. The minimum atomic E-state index is -0.501. The van der Waals surface area contributed by atoms with E-state index in [4.69, 9.17) is 4.74 Å². The average molecular weight is 495 g/mol. The van der Waals surface area contributed by atoms with Crippen LogP contribution in [0.3, 0.4) is 0 Å². The van der Waals surface area contributed by atoms with E-state index in [0.29, 0.717) is 11.3 Å². The van der Waals surface area contributed by atoms with E-state index in [1.54, 1.807) is 13.0 Å². The first kappa shape index (κ1) is 27.2. The number of rotatable bonds is 15. The number of carbonyl (C=O) groups is 2. The number of unbranched alkanes of at least 4 members (excludes halogenated alkanes) is 6. The molecule has 0 radical (unpaired) electrons. The van der Waals surface area contributed by atoms with Crippen LogP contribution in [-0.2, 0) is 22.6 Å². The quantitative estimate of drug-likeness (QED) is 0.238. The lowest BCUT2D eigenvalue weighted by Gasteiger charge is -2.10. The number of anilines is 1. The minimum absolute atomic E-state index is 0.203. The lowest BCUT2D eigenvalue weighted by molar-refractivity contribution is -0.143. The van der Waals surface area contributed by atoms with Crippen molar-refractivity contribution in [2.24, 2.45) is 0 Å². The summed E-state index contributed by atoms with van der Waals surface area (Å²) in [6.07, 6.45) is 12.2. The summed E-state index contributed by atoms with van der Waals surface area (Å²) >= 11 is 0. The lowest BCUT2D eigenvalue weighted by atomic mass is 10.1. The Morgan fingerprint density at radius 3 is 2.42 bits per heavy atom. The predicted octanol–water partition coefficient (Wildman–Crippen LogP) is 4.57. The highest BCUT2D eigenvalue weighted by Gasteiger charge is 2.14. The molecule has 0 spiro atoms.